The van der Waals surface area contributed by atoms with Gasteiger partial charge in [0.25, 0.3) is 0 Å². The minimum absolute atomic E-state index is 0.191. The molecule has 2 nitrogen and oxygen atoms in total. The summed E-state index contributed by atoms with van der Waals surface area (Å²) in [7, 11) is 0. The highest BCUT2D eigenvalue weighted by atomic mass is 35.5. The summed E-state index contributed by atoms with van der Waals surface area (Å²) in [6.45, 7) is 0. The first-order valence-electron chi connectivity index (χ1n) is 5.30. The first-order chi connectivity index (χ1) is 7.24. The lowest BCUT2D eigenvalue weighted by molar-refractivity contribution is -0.124. The predicted molar refractivity (Wildman–Crippen MR) is 58.8 cm³/mol. The van der Waals surface area contributed by atoms with E-state index in [1.54, 1.807) is 0 Å². The summed E-state index contributed by atoms with van der Waals surface area (Å²) in [5.74, 6) is 0.823. The van der Waals surface area contributed by atoms with Crippen molar-refractivity contribution >= 4 is 17.5 Å². The molecule has 1 saturated heterocycles. The molecule has 1 heterocycles. The molecule has 1 amide bonds. The second-order valence-electron chi connectivity index (χ2n) is 4.44. The molecule has 15 heavy (non-hydrogen) atoms. The molecule has 1 N–H and O–H groups in total. The van der Waals surface area contributed by atoms with Crippen LogP contribution in [0.4, 0.5) is 0 Å². The summed E-state index contributed by atoms with van der Waals surface area (Å²) in [5, 5.41) is 3.76. The van der Waals surface area contributed by atoms with Crippen molar-refractivity contribution in [3.8, 4) is 0 Å². The smallest absolute Gasteiger partial charge is 0.224 e. The Morgan fingerprint density at radius 1 is 1.13 bits per heavy atom. The van der Waals surface area contributed by atoms with Crippen LogP contribution >= 0.6 is 11.6 Å². The summed E-state index contributed by atoms with van der Waals surface area (Å²) < 4.78 is 0. The summed E-state index contributed by atoms with van der Waals surface area (Å²) >= 11 is 5.85. The Hall–Kier alpha value is -1.02. The van der Waals surface area contributed by atoms with Crippen LogP contribution in [-0.4, -0.2) is 11.9 Å². The van der Waals surface area contributed by atoms with Gasteiger partial charge in [-0.2, -0.15) is 0 Å². The lowest BCUT2D eigenvalue weighted by atomic mass is 9.87. The minimum Gasteiger partial charge on any atom is -0.353 e. The molecule has 1 aliphatic heterocycles. The van der Waals surface area contributed by atoms with Crippen LogP contribution in [0, 0.1) is 5.92 Å². The molecule has 2 aliphatic rings. The van der Waals surface area contributed by atoms with Crippen molar-refractivity contribution in [2.45, 2.75) is 24.8 Å². The van der Waals surface area contributed by atoms with Crippen molar-refractivity contribution in [3.05, 3.63) is 34.9 Å². The van der Waals surface area contributed by atoms with Crippen molar-refractivity contribution in [2.75, 3.05) is 0 Å². The Balaban J connectivity index is 1.90. The third-order valence-electron chi connectivity index (χ3n) is 3.54. The predicted octanol–water partition coefficient (Wildman–Crippen LogP) is 2.33. The molecule has 1 aromatic carbocycles. The Morgan fingerprint density at radius 2 is 1.80 bits per heavy atom. The molecule has 78 valence electrons. The highest BCUT2D eigenvalue weighted by molar-refractivity contribution is 6.30. The number of piperidine rings is 1. The normalized spacial score (nSPS) is 33.1. The first kappa shape index (κ1) is 9.22. The van der Waals surface area contributed by atoms with Gasteiger partial charge in [-0.3, -0.25) is 4.79 Å². The van der Waals surface area contributed by atoms with Crippen molar-refractivity contribution < 1.29 is 4.79 Å². The third-order valence-corrected chi connectivity index (χ3v) is 3.80. The van der Waals surface area contributed by atoms with Crippen molar-refractivity contribution in [1.29, 1.82) is 0 Å². The number of nitrogens with one attached hydrogen (secondary N) is 1. The summed E-state index contributed by atoms with van der Waals surface area (Å²) in [5.41, 5.74) is 1.25. The van der Waals surface area contributed by atoms with Crippen LogP contribution in [0.3, 0.4) is 0 Å². The summed E-state index contributed by atoms with van der Waals surface area (Å²) in [4.78, 5) is 11.5. The van der Waals surface area contributed by atoms with Gasteiger partial charge in [0, 0.05) is 17.0 Å². The molecule has 0 radical (unpaired) electrons. The van der Waals surface area contributed by atoms with E-state index >= 15 is 0 Å². The number of hydrogen-bond donors (Lipinski definition) is 1. The molecule has 3 heteroatoms. The van der Waals surface area contributed by atoms with E-state index in [0.717, 1.165) is 17.9 Å². The third kappa shape index (κ3) is 1.44. The number of rotatable bonds is 1. The van der Waals surface area contributed by atoms with Gasteiger partial charge in [-0.1, -0.05) is 23.7 Å². The molecule has 1 aliphatic carbocycles. The number of amides is 1. The maximum absolute atomic E-state index is 11.5. The lowest BCUT2D eigenvalue weighted by Gasteiger charge is -2.21. The molecule has 0 spiro atoms. The monoisotopic (exact) mass is 221 g/mol. The highest BCUT2D eigenvalue weighted by Gasteiger charge is 2.45. The molecule has 1 aromatic rings. The van der Waals surface area contributed by atoms with E-state index in [4.69, 9.17) is 11.6 Å². The maximum atomic E-state index is 11.5. The van der Waals surface area contributed by atoms with E-state index in [1.165, 1.54) is 5.56 Å². The molecule has 2 unspecified atom stereocenters. The fourth-order valence-corrected chi connectivity index (χ4v) is 2.96. The molecular weight excluding hydrogens is 210 g/mol. The van der Waals surface area contributed by atoms with Gasteiger partial charge in [-0.05, 0) is 36.5 Å². The first-order valence-corrected chi connectivity index (χ1v) is 5.67. The van der Waals surface area contributed by atoms with E-state index in [0.29, 0.717) is 12.0 Å². The molecule has 3 atom stereocenters. The average Bonchev–Trinajstić information content (AvgIpc) is 2.77. The van der Waals surface area contributed by atoms with Gasteiger partial charge in [-0.25, -0.2) is 0 Å². The maximum Gasteiger partial charge on any atom is 0.224 e. The van der Waals surface area contributed by atoms with Crippen LogP contribution in [0.15, 0.2) is 24.3 Å². The molecule has 0 aromatic heterocycles. The van der Waals surface area contributed by atoms with Gasteiger partial charge in [0.05, 0.1) is 0 Å². The fraction of sp³-hybridized carbons (Fsp3) is 0.417. The Kier molecular flexibility index (Phi) is 1.99. The van der Waals surface area contributed by atoms with Gasteiger partial charge >= 0.3 is 0 Å². The van der Waals surface area contributed by atoms with E-state index in [2.05, 4.69) is 5.32 Å². The van der Waals surface area contributed by atoms with Crippen LogP contribution in [0.2, 0.25) is 5.02 Å². The SMILES string of the molecule is O=C1NC2CC1[C@H](c1ccc(Cl)cc1)C2. The van der Waals surface area contributed by atoms with Crippen molar-refractivity contribution in [1.82, 2.24) is 5.32 Å². The Morgan fingerprint density at radius 3 is 2.40 bits per heavy atom. The van der Waals surface area contributed by atoms with Crippen LogP contribution in [0.25, 0.3) is 0 Å². The van der Waals surface area contributed by atoms with Gasteiger partial charge in [-0.15, -0.1) is 0 Å². The zero-order chi connectivity index (χ0) is 10.4. The largest absolute Gasteiger partial charge is 0.353 e. The van der Waals surface area contributed by atoms with Crippen molar-refractivity contribution in [3.63, 3.8) is 0 Å². The van der Waals surface area contributed by atoms with Gasteiger partial charge < -0.3 is 5.32 Å². The second kappa shape index (κ2) is 3.24. The summed E-state index contributed by atoms with van der Waals surface area (Å²) in [6.07, 6.45) is 2.09. The van der Waals surface area contributed by atoms with E-state index in [9.17, 15) is 4.79 Å². The van der Waals surface area contributed by atoms with E-state index < -0.39 is 0 Å². The van der Waals surface area contributed by atoms with Crippen molar-refractivity contribution in [2.24, 2.45) is 5.92 Å². The average molecular weight is 222 g/mol. The van der Waals surface area contributed by atoms with Gasteiger partial charge in [0.15, 0.2) is 0 Å². The van der Waals surface area contributed by atoms with E-state index in [1.807, 2.05) is 24.3 Å². The lowest BCUT2D eigenvalue weighted by Crippen LogP contribution is -2.34. The van der Waals surface area contributed by atoms with Gasteiger partial charge in [0.2, 0.25) is 5.91 Å². The molecule has 2 bridgehead atoms. The topological polar surface area (TPSA) is 29.1 Å². The quantitative estimate of drug-likeness (QED) is 0.775. The minimum atomic E-state index is 0.191. The van der Waals surface area contributed by atoms with Crippen LogP contribution in [0.1, 0.15) is 24.3 Å². The molecule has 2 fully saturated rings. The van der Waals surface area contributed by atoms with Crippen LogP contribution < -0.4 is 5.32 Å². The zero-order valence-corrected chi connectivity index (χ0v) is 9.00. The van der Waals surface area contributed by atoms with E-state index in [-0.39, 0.29) is 11.8 Å². The molecule has 1 saturated carbocycles. The molecule has 3 rings (SSSR count). The Labute approximate surface area is 93.6 Å². The number of hydrogen-bond acceptors (Lipinski definition) is 1. The standard InChI is InChI=1S/C12H12ClNO/c13-8-3-1-7(2-4-8)10-5-9-6-11(10)12(15)14-9/h1-4,9-11H,5-6H2,(H,14,15)/t9?,10-,11?/m0/s1. The number of carbonyl (C=O) groups is 1. The zero-order valence-electron chi connectivity index (χ0n) is 8.24. The number of carbonyl (C=O) groups excluding carboxylic acids is 1. The van der Waals surface area contributed by atoms with Gasteiger partial charge in [0.1, 0.15) is 0 Å². The second-order valence-corrected chi connectivity index (χ2v) is 4.88. The molecular formula is C12H12ClNO. The number of halogens is 1. The number of benzene rings is 1. The summed E-state index contributed by atoms with van der Waals surface area (Å²) in [6, 6.07) is 8.30. The fourth-order valence-electron chi connectivity index (χ4n) is 2.83. The van der Waals surface area contributed by atoms with Crippen LogP contribution in [0.5, 0.6) is 0 Å². The highest BCUT2D eigenvalue weighted by Crippen LogP contribution is 2.43. The van der Waals surface area contributed by atoms with Crippen LogP contribution in [-0.2, 0) is 4.79 Å². The number of fused-ring (bicyclic) bond motifs is 2. The Bertz CT molecular complexity index is 401.